The molecular weight excluding hydrogens is 392 g/mol. The molecule has 1 aliphatic rings. The highest BCUT2D eigenvalue weighted by Crippen LogP contribution is 2.33. The van der Waals surface area contributed by atoms with Gasteiger partial charge in [-0.15, -0.1) is 0 Å². The van der Waals surface area contributed by atoms with Crippen molar-refractivity contribution in [2.45, 2.75) is 45.9 Å². The van der Waals surface area contributed by atoms with Crippen molar-refractivity contribution in [2.75, 3.05) is 13.1 Å². The van der Waals surface area contributed by atoms with Gasteiger partial charge in [0.15, 0.2) is 0 Å². The smallest absolute Gasteiger partial charge is 0.129 e. The number of likely N-dealkylation sites (tertiary alicyclic amines) is 1. The van der Waals surface area contributed by atoms with Gasteiger partial charge in [-0.05, 0) is 56.1 Å². The molecule has 3 heteroatoms. The Hall–Kier alpha value is -3.04. The number of hydrogen-bond donors (Lipinski definition) is 0. The Kier molecular flexibility index (Phi) is 6.27. The molecule has 0 bridgehead atoms. The number of fused-ring (bicyclic) bond motifs is 1. The van der Waals surface area contributed by atoms with Gasteiger partial charge in [0.2, 0.25) is 0 Å². The third-order valence-corrected chi connectivity index (χ3v) is 6.68. The summed E-state index contributed by atoms with van der Waals surface area (Å²) in [6.07, 6.45) is 3.98. The molecule has 1 fully saturated rings. The fourth-order valence-corrected chi connectivity index (χ4v) is 5.07. The highest BCUT2D eigenvalue weighted by atomic mass is 16.5. The van der Waals surface area contributed by atoms with Gasteiger partial charge in [-0.3, -0.25) is 4.90 Å². The Bertz CT molecular complexity index is 1170. The summed E-state index contributed by atoms with van der Waals surface area (Å²) in [7, 11) is 0. The van der Waals surface area contributed by atoms with Gasteiger partial charge in [-0.2, -0.15) is 0 Å². The van der Waals surface area contributed by atoms with E-state index in [1.54, 1.807) is 0 Å². The number of benzene rings is 3. The average molecular weight is 425 g/mol. The van der Waals surface area contributed by atoms with Crippen molar-refractivity contribution in [2.24, 2.45) is 0 Å². The van der Waals surface area contributed by atoms with E-state index >= 15 is 0 Å². The van der Waals surface area contributed by atoms with E-state index in [2.05, 4.69) is 95.3 Å². The number of ether oxygens (including phenoxy) is 1. The van der Waals surface area contributed by atoms with Crippen molar-refractivity contribution < 1.29 is 4.74 Å². The van der Waals surface area contributed by atoms with Gasteiger partial charge in [-0.25, -0.2) is 0 Å². The summed E-state index contributed by atoms with van der Waals surface area (Å²) >= 11 is 0. The van der Waals surface area contributed by atoms with E-state index in [1.807, 2.05) is 0 Å². The third kappa shape index (κ3) is 4.18. The monoisotopic (exact) mass is 424 g/mol. The minimum atomic E-state index is 0.579. The van der Waals surface area contributed by atoms with E-state index in [9.17, 15) is 0 Å². The number of piperidine rings is 1. The maximum atomic E-state index is 6.54. The zero-order chi connectivity index (χ0) is 21.8. The molecule has 0 amide bonds. The second kappa shape index (κ2) is 9.62. The molecule has 0 spiro atoms. The summed E-state index contributed by atoms with van der Waals surface area (Å²) in [5.74, 6) is 0.940. The maximum absolute atomic E-state index is 6.54. The zero-order valence-corrected chi connectivity index (χ0v) is 19.0. The summed E-state index contributed by atoms with van der Waals surface area (Å²) < 4.78 is 8.98. The Morgan fingerprint density at radius 2 is 1.50 bits per heavy atom. The molecule has 0 aliphatic carbocycles. The van der Waals surface area contributed by atoms with Gasteiger partial charge in [0, 0.05) is 29.6 Å². The Balaban J connectivity index is 1.50. The van der Waals surface area contributed by atoms with Crippen molar-refractivity contribution in [1.29, 1.82) is 0 Å². The fourth-order valence-electron chi connectivity index (χ4n) is 5.07. The van der Waals surface area contributed by atoms with Gasteiger partial charge >= 0.3 is 0 Å². The molecule has 1 aromatic heterocycles. The van der Waals surface area contributed by atoms with Crippen molar-refractivity contribution in [3.63, 3.8) is 0 Å². The van der Waals surface area contributed by atoms with Crippen LogP contribution in [0.2, 0.25) is 0 Å². The first kappa shape index (κ1) is 20.8. The predicted molar refractivity (Wildman–Crippen MR) is 133 cm³/mol. The number of rotatable bonds is 7. The number of hydrogen-bond acceptors (Lipinski definition) is 2. The molecule has 0 N–H and O–H groups in total. The lowest BCUT2D eigenvalue weighted by molar-refractivity contribution is 0.218. The first-order valence-electron chi connectivity index (χ1n) is 11.9. The van der Waals surface area contributed by atoms with Crippen LogP contribution in [0.25, 0.3) is 22.0 Å². The third-order valence-electron chi connectivity index (χ3n) is 6.68. The van der Waals surface area contributed by atoms with Crippen LogP contribution in [0.3, 0.4) is 0 Å². The SMILES string of the molecule is CCn1c(COc2ccccc2-c2ccccc2)c(CN2CCCCC2)c2ccccc21. The number of para-hydroxylation sites is 2. The fraction of sp³-hybridized carbons (Fsp3) is 0.310. The molecule has 1 aliphatic heterocycles. The van der Waals surface area contributed by atoms with Crippen LogP contribution in [0.5, 0.6) is 5.75 Å². The van der Waals surface area contributed by atoms with Crippen molar-refractivity contribution in [3.05, 3.63) is 90.1 Å². The number of aromatic nitrogens is 1. The Labute approximate surface area is 191 Å². The minimum absolute atomic E-state index is 0.579. The average Bonchev–Trinajstić information content (AvgIpc) is 3.16. The Morgan fingerprint density at radius 3 is 2.31 bits per heavy atom. The first-order valence-corrected chi connectivity index (χ1v) is 11.9. The molecule has 0 saturated carbocycles. The lowest BCUT2D eigenvalue weighted by Crippen LogP contribution is -2.29. The van der Waals surface area contributed by atoms with E-state index in [-0.39, 0.29) is 0 Å². The van der Waals surface area contributed by atoms with E-state index < -0.39 is 0 Å². The second-order valence-electron chi connectivity index (χ2n) is 8.67. The normalized spacial score (nSPS) is 14.7. The molecule has 1 saturated heterocycles. The molecule has 0 unspecified atom stereocenters. The summed E-state index contributed by atoms with van der Waals surface area (Å²) in [5.41, 5.74) is 6.39. The maximum Gasteiger partial charge on any atom is 0.129 e. The molecule has 0 atom stereocenters. The standard InChI is InChI=1S/C29H32N2O/c1-2-31-27-17-9-7-16-25(27)26(21-30-19-11-4-12-20-30)28(31)22-32-29-18-10-8-15-24(29)23-13-5-3-6-14-23/h3,5-10,13-18H,2,4,11-12,19-22H2,1H3. The topological polar surface area (TPSA) is 17.4 Å². The largest absolute Gasteiger partial charge is 0.487 e. The molecule has 0 radical (unpaired) electrons. The van der Waals surface area contributed by atoms with Gasteiger partial charge in [-0.1, -0.05) is 73.2 Å². The highest BCUT2D eigenvalue weighted by Gasteiger charge is 2.20. The van der Waals surface area contributed by atoms with E-state index in [4.69, 9.17) is 4.74 Å². The van der Waals surface area contributed by atoms with Gasteiger partial charge < -0.3 is 9.30 Å². The lowest BCUT2D eigenvalue weighted by Gasteiger charge is -2.27. The summed E-state index contributed by atoms with van der Waals surface area (Å²) in [6.45, 7) is 7.16. The van der Waals surface area contributed by atoms with E-state index in [0.717, 1.165) is 24.4 Å². The molecule has 3 aromatic carbocycles. The van der Waals surface area contributed by atoms with Gasteiger partial charge in [0.25, 0.3) is 0 Å². The van der Waals surface area contributed by atoms with Crippen molar-refractivity contribution in [3.8, 4) is 16.9 Å². The quantitative estimate of drug-likeness (QED) is 0.321. The van der Waals surface area contributed by atoms with Crippen LogP contribution in [-0.4, -0.2) is 22.6 Å². The molecule has 5 rings (SSSR count). The number of aryl methyl sites for hydroxylation is 1. The van der Waals surface area contributed by atoms with Gasteiger partial charge in [0.05, 0.1) is 5.69 Å². The van der Waals surface area contributed by atoms with Gasteiger partial charge in [0.1, 0.15) is 12.4 Å². The van der Waals surface area contributed by atoms with Crippen LogP contribution in [0.1, 0.15) is 37.4 Å². The summed E-state index contributed by atoms with van der Waals surface area (Å²) in [6, 6.07) is 27.7. The summed E-state index contributed by atoms with van der Waals surface area (Å²) in [4.78, 5) is 2.62. The molecule has 3 nitrogen and oxygen atoms in total. The van der Waals surface area contributed by atoms with Crippen LogP contribution < -0.4 is 4.74 Å². The van der Waals surface area contributed by atoms with Crippen molar-refractivity contribution in [1.82, 2.24) is 9.47 Å². The second-order valence-corrected chi connectivity index (χ2v) is 8.67. The minimum Gasteiger partial charge on any atom is -0.487 e. The van der Waals surface area contributed by atoms with E-state index in [1.165, 1.54) is 60.1 Å². The van der Waals surface area contributed by atoms with Crippen LogP contribution in [0, 0.1) is 0 Å². The summed E-state index contributed by atoms with van der Waals surface area (Å²) in [5, 5.41) is 1.37. The predicted octanol–water partition coefficient (Wildman–Crippen LogP) is 6.89. The van der Waals surface area contributed by atoms with Crippen LogP contribution in [0.4, 0.5) is 0 Å². The lowest BCUT2D eigenvalue weighted by atomic mass is 10.0. The highest BCUT2D eigenvalue weighted by molar-refractivity contribution is 5.85. The molecule has 164 valence electrons. The molecule has 32 heavy (non-hydrogen) atoms. The molecular formula is C29H32N2O. The first-order chi connectivity index (χ1) is 15.8. The molecule has 2 heterocycles. The Morgan fingerprint density at radius 1 is 0.781 bits per heavy atom. The van der Waals surface area contributed by atoms with Crippen LogP contribution >= 0.6 is 0 Å². The zero-order valence-electron chi connectivity index (χ0n) is 19.0. The molecule has 4 aromatic rings. The van der Waals surface area contributed by atoms with Crippen LogP contribution in [0.15, 0.2) is 78.9 Å². The van der Waals surface area contributed by atoms with Crippen molar-refractivity contribution >= 4 is 10.9 Å². The number of nitrogens with zero attached hydrogens (tertiary/aromatic N) is 2. The van der Waals surface area contributed by atoms with Crippen LogP contribution in [-0.2, 0) is 19.7 Å². The van der Waals surface area contributed by atoms with E-state index in [0.29, 0.717) is 6.61 Å².